The predicted molar refractivity (Wildman–Crippen MR) is 221 cm³/mol. The molecule has 7 nitrogen and oxygen atoms in total. The number of carbonyl (C=O) groups is 1. The lowest BCUT2D eigenvalue weighted by Crippen LogP contribution is -2.24. The molecule has 0 bridgehead atoms. The van der Waals surface area contributed by atoms with Gasteiger partial charge in [0.05, 0.1) is 6.61 Å². The van der Waals surface area contributed by atoms with Crippen molar-refractivity contribution in [3.05, 3.63) is 86.5 Å². The highest BCUT2D eigenvalue weighted by molar-refractivity contribution is 7.49. The molecule has 54 heavy (non-hydrogen) atoms. The van der Waals surface area contributed by atoms with Crippen LogP contribution in [0.5, 0.6) is 17.2 Å². The van der Waals surface area contributed by atoms with Gasteiger partial charge in [-0.2, -0.15) is 0 Å². The Morgan fingerprint density at radius 1 is 0.667 bits per heavy atom. The third-order valence-electron chi connectivity index (χ3n) is 10.3. The molecule has 0 atom stereocenters. The summed E-state index contributed by atoms with van der Waals surface area (Å²) in [5.74, 6) is 0.733. The van der Waals surface area contributed by atoms with E-state index in [0.717, 1.165) is 50.1 Å². The van der Waals surface area contributed by atoms with Crippen molar-refractivity contribution in [3.8, 4) is 17.2 Å². The van der Waals surface area contributed by atoms with Crippen molar-refractivity contribution >= 4 is 13.8 Å². The van der Waals surface area contributed by atoms with Crippen LogP contribution in [0.15, 0.2) is 36.4 Å². The molecule has 0 saturated carbocycles. The number of phosphoric ester groups is 1. The van der Waals surface area contributed by atoms with E-state index in [2.05, 4.69) is 114 Å². The van der Waals surface area contributed by atoms with Crippen LogP contribution in [0.3, 0.4) is 0 Å². The Morgan fingerprint density at radius 3 is 1.52 bits per heavy atom. The molecule has 1 N–H and O–H groups in total. The highest BCUT2D eigenvalue weighted by Gasteiger charge is 2.42. The molecule has 0 fully saturated rings. The van der Waals surface area contributed by atoms with Gasteiger partial charge in [-0.3, -0.25) is 9.32 Å². The maximum Gasteiger partial charge on any atom is 0.587 e. The van der Waals surface area contributed by atoms with Crippen molar-refractivity contribution in [2.45, 2.75) is 164 Å². The van der Waals surface area contributed by atoms with Gasteiger partial charge in [0.15, 0.2) is 0 Å². The third-order valence-corrected chi connectivity index (χ3v) is 11.6. The summed E-state index contributed by atoms with van der Waals surface area (Å²) in [6, 6.07) is 12.6. The minimum absolute atomic E-state index is 0.127. The summed E-state index contributed by atoms with van der Waals surface area (Å²) >= 11 is 0. The number of phenols is 1. The highest BCUT2D eigenvalue weighted by Crippen LogP contribution is 2.59. The number of phosphoric acid groups is 1. The molecule has 1 aliphatic heterocycles. The first-order valence-corrected chi connectivity index (χ1v) is 20.9. The van der Waals surface area contributed by atoms with Gasteiger partial charge in [0.25, 0.3) is 0 Å². The molecule has 0 amide bonds. The van der Waals surface area contributed by atoms with Gasteiger partial charge in [-0.15, -0.1) is 0 Å². The molecule has 0 spiro atoms. The van der Waals surface area contributed by atoms with Gasteiger partial charge < -0.3 is 18.9 Å². The molecule has 0 aliphatic carbocycles. The number of benzene rings is 3. The van der Waals surface area contributed by atoms with Crippen molar-refractivity contribution in [1.82, 2.24) is 0 Å². The normalized spacial score (nSPS) is 18.1. The lowest BCUT2D eigenvalue weighted by atomic mass is 9.74. The minimum Gasteiger partial charge on any atom is -0.507 e. The summed E-state index contributed by atoms with van der Waals surface area (Å²) in [4.78, 5) is 12.9. The number of aromatic hydroxyl groups is 1. The highest BCUT2D eigenvalue weighted by atomic mass is 31.2. The Bertz CT molecular complexity index is 1830. The van der Waals surface area contributed by atoms with Gasteiger partial charge >= 0.3 is 13.8 Å². The fourth-order valence-electron chi connectivity index (χ4n) is 6.79. The molecule has 3 aromatic carbocycles. The number of ether oxygens (including phenoxy) is 1. The van der Waals surface area contributed by atoms with E-state index < -0.39 is 13.8 Å². The average molecular weight is 763 g/mol. The summed E-state index contributed by atoms with van der Waals surface area (Å²) in [6.07, 6.45) is 0.603. The Morgan fingerprint density at radius 2 is 1.11 bits per heavy atom. The molecule has 0 radical (unpaired) electrons. The monoisotopic (exact) mass is 762 g/mol. The van der Waals surface area contributed by atoms with Crippen molar-refractivity contribution in [2.75, 3.05) is 13.2 Å². The van der Waals surface area contributed by atoms with Crippen LogP contribution in [0, 0.1) is 6.92 Å². The van der Waals surface area contributed by atoms with E-state index in [0.29, 0.717) is 17.9 Å². The van der Waals surface area contributed by atoms with Crippen LogP contribution in [0.4, 0.5) is 0 Å². The van der Waals surface area contributed by atoms with E-state index in [9.17, 15) is 9.90 Å². The second-order valence-electron chi connectivity index (χ2n) is 20.3. The smallest absolute Gasteiger partial charge is 0.507 e. The molecule has 0 aromatic heterocycles. The summed E-state index contributed by atoms with van der Waals surface area (Å²) in [6.45, 7) is 35.8. The molecule has 4 rings (SSSR count). The summed E-state index contributed by atoms with van der Waals surface area (Å²) in [5.41, 5.74) is 7.30. The maximum atomic E-state index is 15.1. The SMILES string of the molecule is Cc1cc(CCC(=O)OCCOP2(=O)Oc3c(cc(C(C)(C)C)cc3C(C)(C)C)C(C)c3cc(C(C)(C)C)cc(C(C)(C)C)c3O2)cc(C(C)(C)C)c1O. The van der Waals surface area contributed by atoms with Crippen LogP contribution in [0.25, 0.3) is 0 Å². The largest absolute Gasteiger partial charge is 0.587 e. The molecule has 8 heteroatoms. The molecule has 0 unspecified atom stereocenters. The van der Waals surface area contributed by atoms with Gasteiger partial charge in [-0.05, 0) is 68.2 Å². The molecular weight excluding hydrogens is 695 g/mol. The van der Waals surface area contributed by atoms with Crippen LogP contribution >= 0.6 is 7.82 Å². The first-order chi connectivity index (χ1) is 24.4. The molecule has 1 heterocycles. The van der Waals surface area contributed by atoms with Gasteiger partial charge in [0, 0.05) is 34.6 Å². The first kappa shape index (κ1) is 43.4. The number of hydrogen-bond acceptors (Lipinski definition) is 7. The fourth-order valence-corrected chi connectivity index (χ4v) is 8.08. The summed E-state index contributed by atoms with van der Waals surface area (Å²) in [5, 5.41) is 10.6. The van der Waals surface area contributed by atoms with Gasteiger partial charge in [0.1, 0.15) is 23.9 Å². The lowest BCUT2D eigenvalue weighted by Gasteiger charge is -2.36. The summed E-state index contributed by atoms with van der Waals surface area (Å²) < 4.78 is 39.9. The van der Waals surface area contributed by atoms with Crippen LogP contribution < -0.4 is 9.05 Å². The Hall–Kier alpha value is -3.28. The topological polar surface area (TPSA) is 91.3 Å². The van der Waals surface area contributed by atoms with Gasteiger partial charge in [0.2, 0.25) is 0 Å². The third kappa shape index (κ3) is 9.93. The molecule has 3 aromatic rings. The van der Waals surface area contributed by atoms with Gasteiger partial charge in [-0.1, -0.05) is 147 Å². The Kier molecular flexibility index (Phi) is 12.1. The second kappa shape index (κ2) is 15.0. The van der Waals surface area contributed by atoms with E-state index in [1.54, 1.807) is 0 Å². The van der Waals surface area contributed by atoms with Crippen LogP contribution in [-0.2, 0) is 52.1 Å². The molecular formula is C46H67O7P. The van der Waals surface area contributed by atoms with Crippen LogP contribution in [-0.4, -0.2) is 24.3 Å². The number of fused-ring (bicyclic) bond motifs is 2. The fraction of sp³-hybridized carbons (Fsp3) is 0.587. The van der Waals surface area contributed by atoms with Crippen molar-refractivity contribution in [2.24, 2.45) is 0 Å². The van der Waals surface area contributed by atoms with E-state index in [4.69, 9.17) is 18.3 Å². The molecule has 1 aliphatic rings. The number of carbonyl (C=O) groups excluding carboxylic acids is 1. The second-order valence-corrected chi connectivity index (χ2v) is 21.9. The zero-order chi connectivity index (χ0) is 41.0. The standard InChI is InChI=1S/C46H67O7P/c1-28-22-30(23-35(39(28)48)44(9,10)11)18-19-38(47)50-20-21-51-54(49)52-40-33(24-31(42(3,4)5)26-36(40)45(12,13)14)29(2)34-25-32(43(6,7)8)27-37(41(34)53-54)46(15,16)17/h22-27,29,48H,18-21H2,1-17H3. The lowest BCUT2D eigenvalue weighted by molar-refractivity contribution is -0.144. The number of hydrogen-bond donors (Lipinski definition) is 1. The minimum atomic E-state index is -4.35. The predicted octanol–water partition coefficient (Wildman–Crippen LogP) is 12.4. The zero-order valence-electron chi connectivity index (χ0n) is 36.2. The van der Waals surface area contributed by atoms with Crippen LogP contribution in [0.2, 0.25) is 0 Å². The number of rotatable bonds is 7. The van der Waals surface area contributed by atoms with E-state index >= 15 is 4.57 Å². The summed E-state index contributed by atoms with van der Waals surface area (Å²) in [7, 11) is -4.35. The first-order valence-electron chi connectivity index (χ1n) is 19.4. The maximum absolute atomic E-state index is 15.1. The quantitative estimate of drug-likeness (QED) is 0.146. The Balaban J connectivity index is 1.72. The number of phenolic OH excluding ortho intramolecular Hbond substituents is 1. The number of esters is 1. The van der Waals surface area contributed by atoms with Gasteiger partial charge in [-0.25, -0.2) is 4.57 Å². The Labute approximate surface area is 326 Å². The molecule has 298 valence electrons. The van der Waals surface area contributed by atoms with Crippen molar-refractivity contribution < 1.29 is 32.8 Å². The van der Waals surface area contributed by atoms with Crippen molar-refractivity contribution in [1.29, 1.82) is 0 Å². The van der Waals surface area contributed by atoms with E-state index in [-0.39, 0.29) is 58.4 Å². The van der Waals surface area contributed by atoms with E-state index in [1.165, 1.54) is 0 Å². The number of aryl methyl sites for hydroxylation is 2. The average Bonchev–Trinajstić information content (AvgIpc) is 3.00. The van der Waals surface area contributed by atoms with E-state index in [1.807, 2.05) is 39.8 Å². The zero-order valence-corrected chi connectivity index (χ0v) is 37.1. The van der Waals surface area contributed by atoms with Crippen LogP contribution in [0.1, 0.15) is 173 Å². The molecule has 0 saturated heterocycles. The van der Waals surface area contributed by atoms with Crippen molar-refractivity contribution in [3.63, 3.8) is 0 Å².